The third kappa shape index (κ3) is 2.62. The van der Waals surface area contributed by atoms with Crippen LogP contribution in [0.25, 0.3) is 0 Å². The molecule has 0 bridgehead atoms. The van der Waals surface area contributed by atoms with Crippen molar-refractivity contribution < 1.29 is 4.74 Å². The number of para-hydroxylation sites is 1. The van der Waals surface area contributed by atoms with Crippen molar-refractivity contribution in [3.05, 3.63) is 29.8 Å². The molecule has 2 rings (SSSR count). The SMILES string of the molecule is CC#CCC(NCC)C1COc2ccccc21. The molecule has 0 saturated carbocycles. The molecule has 0 aromatic heterocycles. The molecule has 1 aromatic rings. The molecule has 17 heavy (non-hydrogen) atoms. The molecular weight excluding hydrogens is 210 g/mol. The first-order valence-corrected chi connectivity index (χ1v) is 6.21. The summed E-state index contributed by atoms with van der Waals surface area (Å²) in [5.41, 5.74) is 1.32. The van der Waals surface area contributed by atoms with Gasteiger partial charge in [0, 0.05) is 23.9 Å². The van der Waals surface area contributed by atoms with Gasteiger partial charge in [-0.05, 0) is 19.5 Å². The van der Waals surface area contributed by atoms with Crippen LogP contribution in [0.3, 0.4) is 0 Å². The molecule has 1 N–H and O–H groups in total. The molecule has 1 aliphatic heterocycles. The van der Waals surface area contributed by atoms with E-state index in [1.807, 2.05) is 19.1 Å². The highest BCUT2D eigenvalue weighted by Crippen LogP contribution is 2.36. The van der Waals surface area contributed by atoms with Crippen LogP contribution in [0.1, 0.15) is 31.7 Å². The molecular formula is C15H19NO. The zero-order chi connectivity index (χ0) is 12.1. The van der Waals surface area contributed by atoms with E-state index in [1.54, 1.807) is 0 Å². The summed E-state index contributed by atoms with van der Waals surface area (Å²) in [6.07, 6.45) is 0.882. The lowest BCUT2D eigenvalue weighted by Gasteiger charge is -2.21. The summed E-state index contributed by atoms with van der Waals surface area (Å²) in [6, 6.07) is 8.70. The van der Waals surface area contributed by atoms with Crippen molar-refractivity contribution in [1.82, 2.24) is 5.32 Å². The van der Waals surface area contributed by atoms with Crippen LogP contribution in [-0.2, 0) is 0 Å². The van der Waals surface area contributed by atoms with Crippen LogP contribution in [0.5, 0.6) is 5.75 Å². The van der Waals surface area contributed by atoms with Crippen molar-refractivity contribution in [2.24, 2.45) is 0 Å². The lowest BCUT2D eigenvalue weighted by atomic mass is 9.91. The number of likely N-dealkylation sites (N-methyl/N-ethyl adjacent to an activating group) is 1. The van der Waals surface area contributed by atoms with Gasteiger partial charge >= 0.3 is 0 Å². The van der Waals surface area contributed by atoms with Gasteiger partial charge in [-0.1, -0.05) is 25.1 Å². The molecule has 1 aromatic carbocycles. The molecule has 2 heteroatoms. The molecule has 2 unspecified atom stereocenters. The average molecular weight is 229 g/mol. The summed E-state index contributed by atoms with van der Waals surface area (Å²) in [4.78, 5) is 0. The van der Waals surface area contributed by atoms with Crippen LogP contribution in [0.4, 0.5) is 0 Å². The minimum Gasteiger partial charge on any atom is -0.493 e. The number of rotatable bonds is 4. The molecule has 0 aliphatic carbocycles. The fourth-order valence-electron chi connectivity index (χ4n) is 2.35. The van der Waals surface area contributed by atoms with Crippen molar-refractivity contribution in [2.75, 3.05) is 13.2 Å². The van der Waals surface area contributed by atoms with Crippen molar-refractivity contribution >= 4 is 0 Å². The van der Waals surface area contributed by atoms with E-state index in [0.717, 1.165) is 25.3 Å². The van der Waals surface area contributed by atoms with Gasteiger partial charge in [0.25, 0.3) is 0 Å². The molecule has 0 spiro atoms. The second-order valence-electron chi connectivity index (χ2n) is 4.25. The molecule has 2 nitrogen and oxygen atoms in total. The first kappa shape index (κ1) is 12.0. The zero-order valence-electron chi connectivity index (χ0n) is 10.5. The van der Waals surface area contributed by atoms with Crippen molar-refractivity contribution in [1.29, 1.82) is 0 Å². The molecule has 0 radical (unpaired) electrons. The summed E-state index contributed by atoms with van der Waals surface area (Å²) >= 11 is 0. The Kier molecular flexibility index (Phi) is 4.06. The van der Waals surface area contributed by atoms with E-state index < -0.39 is 0 Å². The fourth-order valence-corrected chi connectivity index (χ4v) is 2.35. The predicted molar refractivity (Wildman–Crippen MR) is 70.2 cm³/mol. The Morgan fingerprint density at radius 3 is 3.06 bits per heavy atom. The second-order valence-corrected chi connectivity index (χ2v) is 4.25. The maximum atomic E-state index is 5.73. The van der Waals surface area contributed by atoms with Crippen LogP contribution >= 0.6 is 0 Å². The van der Waals surface area contributed by atoms with Gasteiger partial charge in [-0.3, -0.25) is 0 Å². The molecule has 1 heterocycles. The molecule has 90 valence electrons. The number of hydrogen-bond donors (Lipinski definition) is 1. The van der Waals surface area contributed by atoms with Gasteiger partial charge in [-0.25, -0.2) is 0 Å². The summed E-state index contributed by atoms with van der Waals surface area (Å²) in [5, 5.41) is 3.52. The highest BCUT2D eigenvalue weighted by Gasteiger charge is 2.30. The Bertz CT molecular complexity index is 430. The van der Waals surface area contributed by atoms with Gasteiger partial charge in [-0.2, -0.15) is 0 Å². The summed E-state index contributed by atoms with van der Waals surface area (Å²) in [5.74, 6) is 7.60. The topological polar surface area (TPSA) is 21.3 Å². The van der Waals surface area contributed by atoms with Crippen LogP contribution in [0.15, 0.2) is 24.3 Å². The lowest BCUT2D eigenvalue weighted by Crippen LogP contribution is -2.35. The van der Waals surface area contributed by atoms with E-state index in [4.69, 9.17) is 4.74 Å². The van der Waals surface area contributed by atoms with Crippen LogP contribution in [0.2, 0.25) is 0 Å². The third-order valence-electron chi connectivity index (χ3n) is 3.19. The maximum absolute atomic E-state index is 5.73. The number of nitrogens with one attached hydrogen (secondary N) is 1. The Hall–Kier alpha value is -1.46. The predicted octanol–water partition coefficient (Wildman–Crippen LogP) is 2.55. The van der Waals surface area contributed by atoms with E-state index >= 15 is 0 Å². The lowest BCUT2D eigenvalue weighted by molar-refractivity contribution is 0.300. The largest absolute Gasteiger partial charge is 0.493 e. The Labute approximate surface area is 103 Å². The fraction of sp³-hybridized carbons (Fsp3) is 0.467. The normalized spacial score (nSPS) is 18.8. The van der Waals surface area contributed by atoms with Gasteiger partial charge in [0.2, 0.25) is 0 Å². The zero-order valence-corrected chi connectivity index (χ0v) is 10.5. The van der Waals surface area contributed by atoms with Crippen molar-refractivity contribution in [3.63, 3.8) is 0 Å². The summed E-state index contributed by atoms with van der Waals surface area (Å²) in [7, 11) is 0. The minimum absolute atomic E-state index is 0.385. The number of benzene rings is 1. The summed E-state index contributed by atoms with van der Waals surface area (Å²) in [6.45, 7) is 5.76. The summed E-state index contributed by atoms with van der Waals surface area (Å²) < 4.78 is 5.73. The second kappa shape index (κ2) is 5.75. The Morgan fingerprint density at radius 2 is 2.29 bits per heavy atom. The third-order valence-corrected chi connectivity index (χ3v) is 3.19. The maximum Gasteiger partial charge on any atom is 0.122 e. The average Bonchev–Trinajstić information content (AvgIpc) is 2.78. The van der Waals surface area contributed by atoms with E-state index in [0.29, 0.717) is 12.0 Å². The molecule has 0 amide bonds. The van der Waals surface area contributed by atoms with Gasteiger partial charge < -0.3 is 10.1 Å². The van der Waals surface area contributed by atoms with Crippen molar-refractivity contribution in [2.45, 2.75) is 32.2 Å². The van der Waals surface area contributed by atoms with Gasteiger partial charge in [0.1, 0.15) is 5.75 Å². The minimum atomic E-state index is 0.385. The molecule has 1 aliphatic rings. The molecule has 0 saturated heterocycles. The first-order valence-electron chi connectivity index (χ1n) is 6.21. The Morgan fingerprint density at radius 1 is 1.47 bits per heavy atom. The highest BCUT2D eigenvalue weighted by molar-refractivity contribution is 5.40. The van der Waals surface area contributed by atoms with Gasteiger partial charge in [0.15, 0.2) is 0 Å². The first-order chi connectivity index (χ1) is 8.36. The Balaban J connectivity index is 2.17. The smallest absolute Gasteiger partial charge is 0.122 e. The van der Waals surface area contributed by atoms with Crippen LogP contribution < -0.4 is 10.1 Å². The number of ether oxygens (including phenoxy) is 1. The monoisotopic (exact) mass is 229 g/mol. The molecule has 2 atom stereocenters. The highest BCUT2D eigenvalue weighted by atomic mass is 16.5. The van der Waals surface area contributed by atoms with E-state index in [2.05, 4.69) is 36.2 Å². The quantitative estimate of drug-likeness (QED) is 0.801. The van der Waals surface area contributed by atoms with E-state index in [1.165, 1.54) is 5.56 Å². The van der Waals surface area contributed by atoms with Gasteiger partial charge in [-0.15, -0.1) is 11.8 Å². The van der Waals surface area contributed by atoms with E-state index in [-0.39, 0.29) is 0 Å². The molecule has 0 fully saturated rings. The van der Waals surface area contributed by atoms with Crippen LogP contribution in [0, 0.1) is 11.8 Å². The van der Waals surface area contributed by atoms with Gasteiger partial charge in [0.05, 0.1) is 6.61 Å². The standard InChI is InChI=1S/C15H19NO/c1-3-5-9-14(16-4-2)13-11-17-15-10-7-6-8-12(13)15/h6-8,10,13-14,16H,4,9,11H2,1-2H3. The van der Waals surface area contributed by atoms with Crippen molar-refractivity contribution in [3.8, 4) is 17.6 Å². The van der Waals surface area contributed by atoms with E-state index in [9.17, 15) is 0 Å². The van der Waals surface area contributed by atoms with Crippen LogP contribution in [-0.4, -0.2) is 19.2 Å². The number of fused-ring (bicyclic) bond motifs is 1. The number of hydrogen-bond acceptors (Lipinski definition) is 2.